The van der Waals surface area contributed by atoms with Gasteiger partial charge in [-0.05, 0) is 0 Å². The molecule has 11 heteroatoms. The first-order chi connectivity index (χ1) is 12.9. The average molecular weight is 423 g/mol. The molecule has 2 fully saturated rings. The van der Waals surface area contributed by atoms with Crippen molar-refractivity contribution in [3.63, 3.8) is 0 Å². The number of rotatable bonds is 8. The maximum atomic E-state index is 12.5. The Labute approximate surface area is 166 Å². The molecule has 156 valence electrons. The number of ether oxygens (including phenoxy) is 1. The predicted octanol–water partition coefficient (Wildman–Crippen LogP) is -0.691. The Kier molecular flexibility index (Phi) is 8.80. The van der Waals surface area contributed by atoms with Crippen molar-refractivity contribution in [1.29, 1.82) is 0 Å². The average Bonchev–Trinajstić information content (AvgIpc) is 2.69. The summed E-state index contributed by atoms with van der Waals surface area (Å²) >= 11 is 1.31. The summed E-state index contributed by atoms with van der Waals surface area (Å²) in [6, 6.07) is 0. The molecule has 27 heavy (non-hydrogen) atoms. The number of hydrogen-bond donors (Lipinski definition) is 0. The lowest BCUT2D eigenvalue weighted by Crippen LogP contribution is -2.54. The van der Waals surface area contributed by atoms with Gasteiger partial charge in [0, 0.05) is 52.4 Å². The smallest absolute Gasteiger partial charge is 0.282 e. The van der Waals surface area contributed by atoms with Crippen LogP contribution in [0.3, 0.4) is 0 Å². The van der Waals surface area contributed by atoms with Crippen molar-refractivity contribution in [3.05, 3.63) is 0 Å². The number of thioether (sulfide) groups is 1. The zero-order valence-corrected chi connectivity index (χ0v) is 17.8. The fraction of sp³-hybridized carbons (Fsp3) is 0.875. The Balaban J connectivity index is 1.72. The minimum absolute atomic E-state index is 0.0336. The van der Waals surface area contributed by atoms with Gasteiger partial charge < -0.3 is 14.5 Å². The highest BCUT2D eigenvalue weighted by atomic mass is 32.2. The topological polar surface area (TPSA) is 90.5 Å². The maximum Gasteiger partial charge on any atom is 0.282 e. The highest BCUT2D eigenvalue weighted by molar-refractivity contribution is 8.00. The molecule has 2 amide bonds. The molecule has 0 spiro atoms. The molecule has 0 aromatic heterocycles. The third kappa shape index (κ3) is 6.05. The van der Waals surface area contributed by atoms with Gasteiger partial charge >= 0.3 is 0 Å². The molecule has 0 aliphatic carbocycles. The minimum atomic E-state index is -3.45. The monoisotopic (exact) mass is 422 g/mol. The molecule has 2 aliphatic heterocycles. The summed E-state index contributed by atoms with van der Waals surface area (Å²) in [5, 5.41) is 0. The van der Waals surface area contributed by atoms with Crippen LogP contribution in [0.5, 0.6) is 0 Å². The lowest BCUT2D eigenvalue weighted by Gasteiger charge is -2.36. The predicted molar refractivity (Wildman–Crippen MR) is 105 cm³/mol. The van der Waals surface area contributed by atoms with E-state index in [4.69, 9.17) is 4.74 Å². The summed E-state index contributed by atoms with van der Waals surface area (Å²) in [4.78, 5) is 27.9. The van der Waals surface area contributed by atoms with Gasteiger partial charge in [0.2, 0.25) is 11.8 Å². The van der Waals surface area contributed by atoms with Crippen LogP contribution in [-0.2, 0) is 24.5 Å². The van der Waals surface area contributed by atoms with E-state index < -0.39 is 10.2 Å². The van der Waals surface area contributed by atoms with E-state index in [1.54, 1.807) is 9.80 Å². The van der Waals surface area contributed by atoms with Gasteiger partial charge in [-0.25, -0.2) is 0 Å². The molecule has 0 atom stereocenters. The first kappa shape index (κ1) is 22.4. The van der Waals surface area contributed by atoms with E-state index in [9.17, 15) is 18.0 Å². The van der Waals surface area contributed by atoms with Crippen LogP contribution in [0.2, 0.25) is 0 Å². The van der Waals surface area contributed by atoms with Crippen LogP contribution >= 0.6 is 11.8 Å². The number of amides is 2. The molecule has 9 nitrogen and oxygen atoms in total. The summed E-state index contributed by atoms with van der Waals surface area (Å²) in [7, 11) is -3.45. The summed E-state index contributed by atoms with van der Waals surface area (Å²) in [5.41, 5.74) is 0. The van der Waals surface area contributed by atoms with Crippen LogP contribution < -0.4 is 0 Å². The van der Waals surface area contributed by atoms with Gasteiger partial charge in [0.05, 0.1) is 24.7 Å². The lowest BCUT2D eigenvalue weighted by molar-refractivity contribution is -0.132. The van der Waals surface area contributed by atoms with E-state index in [-0.39, 0.29) is 23.3 Å². The number of carbonyl (C=O) groups is 2. The lowest BCUT2D eigenvalue weighted by atomic mass is 10.3. The van der Waals surface area contributed by atoms with Gasteiger partial charge in [-0.3, -0.25) is 9.59 Å². The second-order valence-corrected chi connectivity index (χ2v) is 9.27. The highest BCUT2D eigenvalue weighted by Gasteiger charge is 2.32. The Morgan fingerprint density at radius 1 is 0.889 bits per heavy atom. The van der Waals surface area contributed by atoms with Crippen LogP contribution in [0, 0.1) is 0 Å². The molecule has 0 aromatic rings. The molecule has 0 bridgehead atoms. The Hall–Kier alpha value is -0.880. The van der Waals surface area contributed by atoms with Gasteiger partial charge in [0.25, 0.3) is 10.2 Å². The van der Waals surface area contributed by atoms with Crippen LogP contribution in [0.15, 0.2) is 0 Å². The first-order valence-electron chi connectivity index (χ1n) is 9.36. The fourth-order valence-electron chi connectivity index (χ4n) is 3.10. The number of nitrogens with zero attached hydrogens (tertiary/aromatic N) is 4. The molecule has 0 radical (unpaired) electrons. The summed E-state index contributed by atoms with van der Waals surface area (Å²) in [6.07, 6.45) is 0. The number of carbonyl (C=O) groups excluding carboxylic acids is 2. The minimum Gasteiger partial charge on any atom is -0.378 e. The molecular formula is C16H30N4O5S2. The molecule has 0 N–H and O–H groups in total. The normalized spacial score (nSPS) is 19.5. The van der Waals surface area contributed by atoms with Crippen molar-refractivity contribution in [2.24, 2.45) is 0 Å². The fourth-order valence-corrected chi connectivity index (χ4v) is 5.52. The van der Waals surface area contributed by atoms with Crippen molar-refractivity contribution < 1.29 is 22.7 Å². The summed E-state index contributed by atoms with van der Waals surface area (Å²) < 4.78 is 33.1. The number of piperazine rings is 1. The van der Waals surface area contributed by atoms with E-state index in [0.29, 0.717) is 65.6 Å². The van der Waals surface area contributed by atoms with Crippen LogP contribution in [0.4, 0.5) is 0 Å². The number of hydrogen-bond acceptors (Lipinski definition) is 6. The summed E-state index contributed by atoms with van der Waals surface area (Å²) in [5.74, 6) is 0.502. The van der Waals surface area contributed by atoms with Gasteiger partial charge in [-0.2, -0.15) is 17.0 Å². The molecule has 0 aromatic carbocycles. The van der Waals surface area contributed by atoms with Crippen molar-refractivity contribution >= 4 is 33.8 Å². The van der Waals surface area contributed by atoms with E-state index in [2.05, 4.69) is 0 Å². The largest absolute Gasteiger partial charge is 0.378 e. The van der Waals surface area contributed by atoms with Crippen LogP contribution in [-0.4, -0.2) is 116 Å². The second kappa shape index (κ2) is 10.6. The van der Waals surface area contributed by atoms with Gasteiger partial charge in [0.15, 0.2) is 0 Å². The first-order valence-corrected chi connectivity index (χ1v) is 11.9. The number of morpholine rings is 1. The molecule has 2 heterocycles. The molecular weight excluding hydrogens is 392 g/mol. The van der Waals surface area contributed by atoms with Gasteiger partial charge in [-0.1, -0.05) is 13.8 Å². The second-order valence-electron chi connectivity index (χ2n) is 6.36. The molecule has 0 saturated carbocycles. The molecule has 2 rings (SSSR count). The Morgan fingerprint density at radius 2 is 1.37 bits per heavy atom. The Morgan fingerprint density at radius 3 is 1.85 bits per heavy atom. The van der Waals surface area contributed by atoms with Crippen LogP contribution in [0.25, 0.3) is 0 Å². The van der Waals surface area contributed by atoms with Crippen molar-refractivity contribution in [1.82, 2.24) is 18.4 Å². The van der Waals surface area contributed by atoms with Crippen molar-refractivity contribution in [2.45, 2.75) is 13.8 Å². The Bertz CT molecular complexity index is 598. The highest BCUT2D eigenvalue weighted by Crippen LogP contribution is 2.14. The standard InChI is InChI=1S/C16H30N4O5S2/c1-3-19(4-2)27(23,24)20-7-5-17(6-8-20)15(21)13-26-14-16(22)18-9-11-25-12-10-18/h3-14H2,1-2H3. The van der Waals surface area contributed by atoms with E-state index >= 15 is 0 Å². The third-order valence-corrected chi connectivity index (χ3v) is 7.85. The van der Waals surface area contributed by atoms with Gasteiger partial charge in [0.1, 0.15) is 0 Å². The zero-order valence-electron chi connectivity index (χ0n) is 16.1. The van der Waals surface area contributed by atoms with E-state index in [1.165, 1.54) is 20.4 Å². The van der Waals surface area contributed by atoms with Crippen molar-refractivity contribution in [3.8, 4) is 0 Å². The van der Waals surface area contributed by atoms with E-state index in [1.807, 2.05) is 13.8 Å². The molecule has 2 saturated heterocycles. The third-order valence-electron chi connectivity index (χ3n) is 4.76. The maximum absolute atomic E-state index is 12.5. The quantitative estimate of drug-likeness (QED) is 0.514. The van der Waals surface area contributed by atoms with Gasteiger partial charge in [-0.15, -0.1) is 11.8 Å². The molecule has 2 aliphatic rings. The van der Waals surface area contributed by atoms with Crippen LogP contribution in [0.1, 0.15) is 13.8 Å². The molecule has 0 unspecified atom stereocenters. The summed E-state index contributed by atoms with van der Waals surface area (Å²) in [6.45, 7) is 8.24. The van der Waals surface area contributed by atoms with E-state index in [0.717, 1.165) is 0 Å². The zero-order chi connectivity index (χ0) is 19.9. The van der Waals surface area contributed by atoms with Crippen molar-refractivity contribution in [2.75, 3.05) is 77.1 Å². The SMILES string of the molecule is CCN(CC)S(=O)(=O)N1CCN(C(=O)CSCC(=O)N2CCOCC2)CC1.